The highest BCUT2D eigenvalue weighted by Gasteiger charge is 2.23. The van der Waals surface area contributed by atoms with Crippen LogP contribution in [0.1, 0.15) is 22.7 Å². The number of halogens is 1. The minimum atomic E-state index is 0.158. The summed E-state index contributed by atoms with van der Waals surface area (Å²) in [5.41, 5.74) is 3.74. The summed E-state index contributed by atoms with van der Waals surface area (Å²) < 4.78 is 10.8. The number of hydrogen-bond acceptors (Lipinski definition) is 3. The minimum absolute atomic E-state index is 0.158. The lowest BCUT2D eigenvalue weighted by Gasteiger charge is -2.28. The molecule has 0 fully saturated rings. The average molecular weight is 304 g/mol. The molecule has 1 heterocycles. The first kappa shape index (κ1) is 14.2. The summed E-state index contributed by atoms with van der Waals surface area (Å²) in [5.74, 6) is 1.55. The van der Waals surface area contributed by atoms with E-state index in [1.165, 1.54) is 16.7 Å². The van der Waals surface area contributed by atoms with E-state index >= 15 is 0 Å². The Labute approximate surface area is 129 Å². The molecule has 0 unspecified atom stereocenters. The van der Waals surface area contributed by atoms with Gasteiger partial charge in [0.2, 0.25) is 0 Å². The topological polar surface area (TPSA) is 30.5 Å². The van der Waals surface area contributed by atoms with Gasteiger partial charge in [-0.1, -0.05) is 23.7 Å². The van der Waals surface area contributed by atoms with Gasteiger partial charge in [0.15, 0.2) is 11.5 Å². The lowest BCUT2D eigenvalue weighted by atomic mass is 9.89. The highest BCUT2D eigenvalue weighted by Crippen LogP contribution is 2.37. The fourth-order valence-electron chi connectivity index (χ4n) is 2.84. The van der Waals surface area contributed by atoms with E-state index in [0.29, 0.717) is 0 Å². The molecule has 0 bridgehead atoms. The van der Waals surface area contributed by atoms with Crippen molar-refractivity contribution in [3.63, 3.8) is 0 Å². The summed E-state index contributed by atoms with van der Waals surface area (Å²) in [6, 6.07) is 12.3. The van der Waals surface area contributed by atoms with Crippen LogP contribution in [-0.2, 0) is 6.42 Å². The normalized spacial score (nSPS) is 17.2. The molecule has 110 valence electrons. The molecule has 0 aromatic heterocycles. The van der Waals surface area contributed by atoms with Crippen LogP contribution >= 0.6 is 11.6 Å². The van der Waals surface area contributed by atoms with Gasteiger partial charge in [-0.2, -0.15) is 0 Å². The Morgan fingerprint density at radius 3 is 2.38 bits per heavy atom. The summed E-state index contributed by atoms with van der Waals surface area (Å²) in [5, 5.41) is 4.31. The third kappa shape index (κ3) is 2.71. The van der Waals surface area contributed by atoms with Gasteiger partial charge < -0.3 is 14.8 Å². The second-order valence-corrected chi connectivity index (χ2v) is 5.53. The first-order valence-corrected chi connectivity index (χ1v) is 7.34. The summed E-state index contributed by atoms with van der Waals surface area (Å²) in [6.45, 7) is 0.940. The van der Waals surface area contributed by atoms with Crippen LogP contribution in [0, 0.1) is 0 Å². The number of methoxy groups -OCH3 is 2. The Morgan fingerprint density at radius 1 is 1.05 bits per heavy atom. The first-order valence-electron chi connectivity index (χ1n) is 6.96. The molecule has 1 aliphatic rings. The largest absolute Gasteiger partial charge is 0.493 e. The van der Waals surface area contributed by atoms with Gasteiger partial charge in [0.05, 0.1) is 20.3 Å². The van der Waals surface area contributed by atoms with E-state index in [2.05, 4.69) is 29.6 Å². The summed E-state index contributed by atoms with van der Waals surface area (Å²) in [4.78, 5) is 0. The molecule has 4 heteroatoms. The van der Waals surface area contributed by atoms with E-state index in [1.54, 1.807) is 14.2 Å². The zero-order valence-electron chi connectivity index (χ0n) is 12.2. The third-order valence-electron chi connectivity index (χ3n) is 3.90. The van der Waals surface area contributed by atoms with Crippen LogP contribution in [0.25, 0.3) is 0 Å². The van der Waals surface area contributed by atoms with Crippen LogP contribution < -0.4 is 14.8 Å². The van der Waals surface area contributed by atoms with Crippen molar-refractivity contribution in [2.75, 3.05) is 20.8 Å². The fourth-order valence-corrected chi connectivity index (χ4v) is 2.96. The van der Waals surface area contributed by atoms with Crippen molar-refractivity contribution in [3.05, 3.63) is 58.1 Å². The van der Waals surface area contributed by atoms with Crippen LogP contribution in [-0.4, -0.2) is 20.8 Å². The molecule has 0 amide bonds. The molecule has 1 N–H and O–H groups in total. The van der Waals surface area contributed by atoms with Crippen molar-refractivity contribution in [1.82, 2.24) is 5.32 Å². The third-order valence-corrected chi connectivity index (χ3v) is 4.15. The van der Waals surface area contributed by atoms with E-state index in [0.717, 1.165) is 29.5 Å². The van der Waals surface area contributed by atoms with Crippen LogP contribution in [0.2, 0.25) is 5.02 Å². The monoisotopic (exact) mass is 303 g/mol. The highest BCUT2D eigenvalue weighted by molar-refractivity contribution is 6.30. The van der Waals surface area contributed by atoms with Gasteiger partial charge in [-0.3, -0.25) is 0 Å². The second kappa shape index (κ2) is 5.96. The lowest BCUT2D eigenvalue weighted by molar-refractivity contribution is 0.353. The van der Waals surface area contributed by atoms with E-state index in [-0.39, 0.29) is 6.04 Å². The Hall–Kier alpha value is -1.71. The van der Waals surface area contributed by atoms with Crippen molar-refractivity contribution in [2.45, 2.75) is 12.5 Å². The Bertz CT molecular complexity index is 640. The number of ether oxygens (including phenoxy) is 2. The van der Waals surface area contributed by atoms with Gasteiger partial charge in [0, 0.05) is 11.6 Å². The second-order valence-electron chi connectivity index (χ2n) is 5.09. The van der Waals surface area contributed by atoms with Crippen molar-refractivity contribution in [1.29, 1.82) is 0 Å². The molecule has 3 nitrogen and oxygen atoms in total. The van der Waals surface area contributed by atoms with Crippen molar-refractivity contribution >= 4 is 11.6 Å². The number of rotatable bonds is 3. The zero-order chi connectivity index (χ0) is 14.8. The van der Waals surface area contributed by atoms with E-state index < -0.39 is 0 Å². The van der Waals surface area contributed by atoms with E-state index in [4.69, 9.17) is 21.1 Å². The van der Waals surface area contributed by atoms with Crippen molar-refractivity contribution < 1.29 is 9.47 Å². The van der Waals surface area contributed by atoms with Gasteiger partial charge in [-0.05, 0) is 47.4 Å². The standard InChI is InChI=1S/C17H18ClNO2/c1-20-15-9-12-7-8-19-17(14(12)10-16(15)21-2)11-3-5-13(18)6-4-11/h3-6,9-10,17,19H,7-8H2,1-2H3/t17-/m1/s1. The molecule has 2 aromatic rings. The number of nitrogens with one attached hydrogen (secondary N) is 1. The van der Waals surface area contributed by atoms with Crippen LogP contribution in [0.5, 0.6) is 11.5 Å². The van der Waals surface area contributed by atoms with Crippen molar-refractivity contribution in [2.24, 2.45) is 0 Å². The highest BCUT2D eigenvalue weighted by atomic mass is 35.5. The Morgan fingerprint density at radius 2 is 1.71 bits per heavy atom. The Balaban J connectivity index is 2.06. The van der Waals surface area contributed by atoms with Crippen LogP contribution in [0.4, 0.5) is 0 Å². The predicted octanol–water partition coefficient (Wildman–Crippen LogP) is 3.59. The molecule has 0 saturated heterocycles. The van der Waals surface area contributed by atoms with E-state index in [1.807, 2.05) is 12.1 Å². The molecular weight excluding hydrogens is 286 g/mol. The maximum atomic E-state index is 5.98. The van der Waals surface area contributed by atoms with E-state index in [9.17, 15) is 0 Å². The molecule has 0 aliphatic carbocycles. The molecule has 1 atom stereocenters. The number of fused-ring (bicyclic) bond motifs is 1. The van der Waals surface area contributed by atoms with Gasteiger partial charge in [-0.25, -0.2) is 0 Å². The summed E-state index contributed by atoms with van der Waals surface area (Å²) >= 11 is 5.98. The Kier molecular flexibility index (Phi) is 4.04. The summed E-state index contributed by atoms with van der Waals surface area (Å²) in [7, 11) is 3.33. The predicted molar refractivity (Wildman–Crippen MR) is 84.5 cm³/mol. The SMILES string of the molecule is COc1cc2c(cc1OC)[C@@H](c1ccc(Cl)cc1)NCC2. The fraction of sp³-hybridized carbons (Fsp3) is 0.294. The quantitative estimate of drug-likeness (QED) is 0.940. The molecule has 0 spiro atoms. The van der Waals surface area contributed by atoms with Gasteiger partial charge in [0.25, 0.3) is 0 Å². The van der Waals surface area contributed by atoms with Gasteiger partial charge in [-0.15, -0.1) is 0 Å². The smallest absolute Gasteiger partial charge is 0.161 e. The molecule has 0 radical (unpaired) electrons. The van der Waals surface area contributed by atoms with Crippen molar-refractivity contribution in [3.8, 4) is 11.5 Å². The zero-order valence-corrected chi connectivity index (χ0v) is 12.9. The molecule has 0 saturated carbocycles. The first-order chi connectivity index (χ1) is 10.2. The van der Waals surface area contributed by atoms with Crippen LogP contribution in [0.15, 0.2) is 36.4 Å². The lowest BCUT2D eigenvalue weighted by Crippen LogP contribution is -2.30. The summed E-state index contributed by atoms with van der Waals surface area (Å²) in [6.07, 6.45) is 0.986. The maximum Gasteiger partial charge on any atom is 0.161 e. The molecular formula is C17H18ClNO2. The molecule has 1 aliphatic heterocycles. The minimum Gasteiger partial charge on any atom is -0.493 e. The van der Waals surface area contributed by atoms with Crippen LogP contribution in [0.3, 0.4) is 0 Å². The maximum absolute atomic E-state index is 5.98. The average Bonchev–Trinajstić information content (AvgIpc) is 2.53. The molecule has 21 heavy (non-hydrogen) atoms. The number of benzene rings is 2. The van der Waals surface area contributed by atoms with Gasteiger partial charge >= 0.3 is 0 Å². The number of hydrogen-bond donors (Lipinski definition) is 1. The molecule has 2 aromatic carbocycles. The van der Waals surface area contributed by atoms with Gasteiger partial charge in [0.1, 0.15) is 0 Å². The molecule has 3 rings (SSSR count).